The zero-order valence-corrected chi connectivity index (χ0v) is 10.2. The van der Waals surface area contributed by atoms with Crippen LogP contribution < -0.4 is 4.74 Å². The van der Waals surface area contributed by atoms with Gasteiger partial charge in [0.2, 0.25) is 0 Å². The molecule has 2 rings (SSSR count). The summed E-state index contributed by atoms with van der Waals surface area (Å²) in [7, 11) is 0. The molecule has 0 saturated heterocycles. The summed E-state index contributed by atoms with van der Waals surface area (Å²) in [4.78, 5) is 0. The molecule has 1 aromatic carbocycles. The van der Waals surface area contributed by atoms with Crippen LogP contribution in [0.2, 0.25) is 0 Å². The zero-order chi connectivity index (χ0) is 9.80. The van der Waals surface area contributed by atoms with Crippen molar-refractivity contribution < 1.29 is 4.74 Å². The number of halogens is 1. The smallest absolute Gasteiger partial charge is 0.119 e. The quantitative estimate of drug-likeness (QED) is 0.610. The summed E-state index contributed by atoms with van der Waals surface area (Å²) in [5.41, 5.74) is 1.45. The Hall–Kier alpha value is -0.510. The highest BCUT2D eigenvalue weighted by Gasteiger charge is 2.04. The summed E-state index contributed by atoms with van der Waals surface area (Å²) in [5, 5.41) is 0. The highest BCUT2D eigenvalue weighted by molar-refractivity contribution is 14.1. The average molecular weight is 300 g/mol. The van der Waals surface area contributed by atoms with Gasteiger partial charge in [-0.2, -0.15) is 0 Å². The molecule has 0 heterocycles. The fraction of sp³-hybridized carbons (Fsp3) is 0.333. The van der Waals surface area contributed by atoms with E-state index >= 15 is 0 Å². The van der Waals surface area contributed by atoms with E-state index in [4.69, 9.17) is 4.74 Å². The Balaban J connectivity index is 1.88. The van der Waals surface area contributed by atoms with E-state index in [1.165, 1.54) is 28.4 Å². The van der Waals surface area contributed by atoms with Crippen molar-refractivity contribution in [2.45, 2.75) is 19.3 Å². The summed E-state index contributed by atoms with van der Waals surface area (Å²) in [6.45, 7) is 0.764. The third kappa shape index (κ3) is 2.74. The van der Waals surface area contributed by atoms with E-state index in [2.05, 4.69) is 40.8 Å². The van der Waals surface area contributed by atoms with Gasteiger partial charge in [-0.1, -0.05) is 6.08 Å². The van der Waals surface area contributed by atoms with Gasteiger partial charge in [0.15, 0.2) is 0 Å². The Morgan fingerprint density at radius 3 is 2.64 bits per heavy atom. The Morgan fingerprint density at radius 1 is 1.21 bits per heavy atom. The minimum Gasteiger partial charge on any atom is -0.489 e. The summed E-state index contributed by atoms with van der Waals surface area (Å²) < 4.78 is 6.92. The number of hydrogen-bond donors (Lipinski definition) is 0. The maximum absolute atomic E-state index is 5.67. The molecule has 0 unspecified atom stereocenters. The first-order chi connectivity index (χ1) is 6.84. The van der Waals surface area contributed by atoms with Crippen LogP contribution >= 0.6 is 22.6 Å². The lowest BCUT2D eigenvalue weighted by Crippen LogP contribution is -1.99. The second-order valence-corrected chi connectivity index (χ2v) is 4.74. The van der Waals surface area contributed by atoms with Crippen molar-refractivity contribution in [1.29, 1.82) is 0 Å². The Bertz CT molecular complexity index is 327. The Labute approximate surface area is 98.3 Å². The van der Waals surface area contributed by atoms with E-state index < -0.39 is 0 Å². The van der Waals surface area contributed by atoms with Crippen LogP contribution in [0.4, 0.5) is 0 Å². The van der Waals surface area contributed by atoms with Gasteiger partial charge < -0.3 is 4.74 Å². The van der Waals surface area contributed by atoms with Crippen LogP contribution in [0.1, 0.15) is 19.3 Å². The zero-order valence-electron chi connectivity index (χ0n) is 8.00. The topological polar surface area (TPSA) is 9.23 Å². The SMILES string of the molecule is Ic1ccc(OCC2=CCCC2)cc1. The third-order valence-corrected chi connectivity index (χ3v) is 3.09. The molecule has 0 saturated carbocycles. The van der Waals surface area contributed by atoms with Gasteiger partial charge in [-0.15, -0.1) is 0 Å². The van der Waals surface area contributed by atoms with Gasteiger partial charge in [0.25, 0.3) is 0 Å². The molecule has 1 nitrogen and oxygen atoms in total. The summed E-state index contributed by atoms with van der Waals surface area (Å²) in [5.74, 6) is 0.971. The molecule has 0 fully saturated rings. The Kier molecular flexibility index (Phi) is 3.45. The molecule has 74 valence electrons. The molecule has 0 spiro atoms. The number of rotatable bonds is 3. The molecule has 0 radical (unpaired) electrons. The first kappa shape index (κ1) is 10.0. The van der Waals surface area contributed by atoms with E-state index in [9.17, 15) is 0 Å². The van der Waals surface area contributed by atoms with Crippen LogP contribution in [0.5, 0.6) is 5.75 Å². The van der Waals surface area contributed by atoms with Gasteiger partial charge in [0, 0.05) is 3.57 Å². The highest BCUT2D eigenvalue weighted by Crippen LogP contribution is 2.19. The lowest BCUT2D eigenvalue weighted by Gasteiger charge is -2.06. The molecule has 1 aliphatic rings. The van der Waals surface area contributed by atoms with Crippen molar-refractivity contribution >= 4 is 22.6 Å². The van der Waals surface area contributed by atoms with E-state index in [0.717, 1.165) is 12.4 Å². The van der Waals surface area contributed by atoms with Gasteiger partial charge >= 0.3 is 0 Å². The molecule has 1 aliphatic carbocycles. The molecule has 1 aromatic rings. The second kappa shape index (κ2) is 4.82. The average Bonchev–Trinajstić information content (AvgIpc) is 2.70. The first-order valence-electron chi connectivity index (χ1n) is 4.91. The van der Waals surface area contributed by atoms with Gasteiger partial charge in [-0.3, -0.25) is 0 Å². The van der Waals surface area contributed by atoms with Crippen LogP contribution in [-0.2, 0) is 0 Å². The van der Waals surface area contributed by atoms with Crippen molar-refractivity contribution in [3.8, 4) is 5.75 Å². The van der Waals surface area contributed by atoms with Crippen LogP contribution in [0.15, 0.2) is 35.9 Å². The number of allylic oxidation sites excluding steroid dienone is 1. The normalized spacial score (nSPS) is 15.4. The van der Waals surface area contributed by atoms with Crippen molar-refractivity contribution in [3.05, 3.63) is 39.5 Å². The fourth-order valence-electron chi connectivity index (χ4n) is 1.58. The maximum atomic E-state index is 5.67. The van der Waals surface area contributed by atoms with Gasteiger partial charge in [-0.05, 0) is 71.7 Å². The molecule has 14 heavy (non-hydrogen) atoms. The maximum Gasteiger partial charge on any atom is 0.119 e. The fourth-order valence-corrected chi connectivity index (χ4v) is 1.93. The predicted octanol–water partition coefficient (Wildman–Crippen LogP) is 3.78. The minimum atomic E-state index is 0.764. The van der Waals surface area contributed by atoms with Gasteiger partial charge in [0.1, 0.15) is 12.4 Å². The van der Waals surface area contributed by atoms with Crippen molar-refractivity contribution in [3.63, 3.8) is 0 Å². The van der Waals surface area contributed by atoms with Crippen LogP contribution in [0.25, 0.3) is 0 Å². The third-order valence-electron chi connectivity index (χ3n) is 2.37. The van der Waals surface area contributed by atoms with Crippen LogP contribution in [0.3, 0.4) is 0 Å². The van der Waals surface area contributed by atoms with Gasteiger partial charge in [0.05, 0.1) is 0 Å². The van der Waals surface area contributed by atoms with E-state index in [0.29, 0.717) is 0 Å². The van der Waals surface area contributed by atoms with E-state index in [1.54, 1.807) is 0 Å². The molecule has 0 aromatic heterocycles. The van der Waals surface area contributed by atoms with Gasteiger partial charge in [-0.25, -0.2) is 0 Å². The summed E-state index contributed by atoms with van der Waals surface area (Å²) in [6.07, 6.45) is 6.04. The molecule has 0 atom stereocenters. The minimum absolute atomic E-state index is 0.764. The van der Waals surface area contributed by atoms with Crippen LogP contribution in [0, 0.1) is 3.57 Å². The molecule has 0 N–H and O–H groups in total. The lowest BCUT2D eigenvalue weighted by molar-refractivity contribution is 0.349. The predicted molar refractivity (Wildman–Crippen MR) is 66.6 cm³/mol. The first-order valence-corrected chi connectivity index (χ1v) is 5.99. The molecular formula is C12H13IO. The largest absolute Gasteiger partial charge is 0.489 e. The number of hydrogen-bond acceptors (Lipinski definition) is 1. The van der Waals surface area contributed by atoms with Crippen molar-refractivity contribution in [1.82, 2.24) is 0 Å². The Morgan fingerprint density at radius 2 is 2.00 bits per heavy atom. The summed E-state index contributed by atoms with van der Waals surface area (Å²) >= 11 is 2.30. The molecule has 0 aliphatic heterocycles. The monoisotopic (exact) mass is 300 g/mol. The lowest BCUT2D eigenvalue weighted by atomic mass is 10.2. The van der Waals surface area contributed by atoms with E-state index in [1.807, 2.05) is 12.1 Å². The summed E-state index contributed by atoms with van der Waals surface area (Å²) in [6, 6.07) is 8.19. The second-order valence-electron chi connectivity index (χ2n) is 3.50. The van der Waals surface area contributed by atoms with Crippen molar-refractivity contribution in [2.24, 2.45) is 0 Å². The number of benzene rings is 1. The highest BCUT2D eigenvalue weighted by atomic mass is 127. The van der Waals surface area contributed by atoms with E-state index in [-0.39, 0.29) is 0 Å². The molecule has 2 heteroatoms. The molecular weight excluding hydrogens is 287 g/mol. The van der Waals surface area contributed by atoms with Crippen molar-refractivity contribution in [2.75, 3.05) is 6.61 Å². The molecule has 0 amide bonds. The standard InChI is InChI=1S/C12H13IO/c13-11-5-7-12(8-6-11)14-9-10-3-1-2-4-10/h3,5-8H,1-2,4,9H2. The van der Waals surface area contributed by atoms with Crippen LogP contribution in [-0.4, -0.2) is 6.61 Å². The molecule has 0 bridgehead atoms. The number of ether oxygens (including phenoxy) is 1.